The summed E-state index contributed by atoms with van der Waals surface area (Å²) in [6.45, 7) is 7.58. The van der Waals surface area contributed by atoms with Gasteiger partial charge in [0.2, 0.25) is 0 Å². The predicted molar refractivity (Wildman–Crippen MR) is 74.2 cm³/mol. The molecule has 2 heteroatoms. The van der Waals surface area contributed by atoms with Gasteiger partial charge in [-0.2, -0.15) is 0 Å². The van der Waals surface area contributed by atoms with E-state index in [1.54, 1.807) is 12.7 Å². The van der Waals surface area contributed by atoms with Crippen LogP contribution in [0.4, 0.5) is 0 Å². The monoisotopic (exact) mass is 239 g/mol. The van der Waals surface area contributed by atoms with Crippen molar-refractivity contribution in [2.75, 3.05) is 26.8 Å². The highest BCUT2D eigenvalue weighted by molar-refractivity contribution is 5.11. The third-order valence-corrected chi connectivity index (χ3v) is 3.98. The van der Waals surface area contributed by atoms with Crippen molar-refractivity contribution in [3.63, 3.8) is 0 Å². The van der Waals surface area contributed by atoms with E-state index >= 15 is 0 Å². The summed E-state index contributed by atoms with van der Waals surface area (Å²) >= 11 is 0. The van der Waals surface area contributed by atoms with Gasteiger partial charge in [0.05, 0.1) is 6.61 Å². The molecule has 0 heterocycles. The maximum Gasteiger partial charge on any atom is 0.0587 e. The number of hydrogen-bond acceptors (Lipinski definition) is 2. The highest BCUT2D eigenvalue weighted by Gasteiger charge is 2.20. The molecule has 0 fully saturated rings. The second kappa shape index (κ2) is 8.71. The molecule has 17 heavy (non-hydrogen) atoms. The predicted octanol–water partition coefficient (Wildman–Crippen LogP) is 3.39. The lowest BCUT2D eigenvalue weighted by Crippen LogP contribution is -2.31. The maximum atomic E-state index is 5.08. The summed E-state index contributed by atoms with van der Waals surface area (Å²) in [7, 11) is 1.76. The van der Waals surface area contributed by atoms with Crippen LogP contribution in [-0.2, 0) is 4.74 Å². The number of allylic oxidation sites excluding steroid dienone is 1. The van der Waals surface area contributed by atoms with Crippen LogP contribution in [0.15, 0.2) is 11.6 Å². The summed E-state index contributed by atoms with van der Waals surface area (Å²) in [4.78, 5) is 0. The summed E-state index contributed by atoms with van der Waals surface area (Å²) in [6.07, 6.45) is 9.15. The van der Waals surface area contributed by atoms with Gasteiger partial charge in [-0.25, -0.2) is 0 Å². The van der Waals surface area contributed by atoms with E-state index in [-0.39, 0.29) is 0 Å². The molecular weight excluding hydrogens is 210 g/mol. The molecule has 0 bridgehead atoms. The van der Waals surface area contributed by atoms with E-state index in [1.807, 2.05) is 0 Å². The van der Waals surface area contributed by atoms with Gasteiger partial charge in [0.15, 0.2) is 0 Å². The molecule has 1 aliphatic rings. The molecular formula is C15H29NO. The van der Waals surface area contributed by atoms with Crippen molar-refractivity contribution in [3.05, 3.63) is 11.6 Å². The van der Waals surface area contributed by atoms with E-state index in [1.165, 1.54) is 32.1 Å². The molecule has 1 aliphatic carbocycles. The first-order valence-corrected chi connectivity index (χ1v) is 7.18. The fraction of sp³-hybridized carbons (Fsp3) is 0.867. The average molecular weight is 239 g/mol. The van der Waals surface area contributed by atoms with Crippen molar-refractivity contribution in [2.45, 2.75) is 46.0 Å². The lowest BCUT2D eigenvalue weighted by Gasteiger charge is -2.28. The molecule has 0 radical (unpaired) electrons. The minimum atomic E-state index is 0.733. The minimum absolute atomic E-state index is 0.733. The maximum absolute atomic E-state index is 5.08. The first-order valence-electron chi connectivity index (χ1n) is 7.18. The molecule has 0 saturated heterocycles. The van der Waals surface area contributed by atoms with Gasteiger partial charge in [0.25, 0.3) is 0 Å². The Balaban J connectivity index is 2.45. The van der Waals surface area contributed by atoms with Gasteiger partial charge in [0.1, 0.15) is 0 Å². The smallest absolute Gasteiger partial charge is 0.0587 e. The Labute approximate surface area is 107 Å². The van der Waals surface area contributed by atoms with Crippen molar-refractivity contribution >= 4 is 0 Å². The number of nitrogens with one attached hydrogen (secondary N) is 1. The normalized spacial score (nSPS) is 19.8. The molecule has 1 N–H and O–H groups in total. The third kappa shape index (κ3) is 5.22. The summed E-state index contributed by atoms with van der Waals surface area (Å²) < 4.78 is 5.08. The Morgan fingerprint density at radius 1 is 1.41 bits per heavy atom. The number of methoxy groups -OCH3 is 1. The molecule has 0 aliphatic heterocycles. The highest BCUT2D eigenvalue weighted by atomic mass is 16.5. The third-order valence-electron chi connectivity index (χ3n) is 3.98. The molecule has 0 aromatic heterocycles. The Hall–Kier alpha value is -0.340. The topological polar surface area (TPSA) is 21.3 Å². The van der Waals surface area contributed by atoms with E-state index in [0.29, 0.717) is 0 Å². The Morgan fingerprint density at radius 2 is 2.24 bits per heavy atom. The lowest BCUT2D eigenvalue weighted by molar-refractivity contribution is 0.196. The zero-order chi connectivity index (χ0) is 12.5. The molecule has 0 aromatic rings. The highest BCUT2D eigenvalue weighted by Crippen LogP contribution is 2.30. The summed E-state index contributed by atoms with van der Waals surface area (Å²) in [5.74, 6) is 1.52. The minimum Gasteiger partial charge on any atom is -0.383 e. The van der Waals surface area contributed by atoms with Crippen LogP contribution in [-0.4, -0.2) is 26.8 Å². The van der Waals surface area contributed by atoms with Crippen LogP contribution in [0.3, 0.4) is 0 Å². The largest absolute Gasteiger partial charge is 0.383 e. The van der Waals surface area contributed by atoms with Crippen molar-refractivity contribution in [1.29, 1.82) is 0 Å². The van der Waals surface area contributed by atoms with E-state index in [2.05, 4.69) is 25.2 Å². The standard InChI is InChI=1S/C15H29NO/c1-4-13(2)15(12-16-10-11-17-3)14-8-6-5-7-9-14/h8,13,15-16H,4-7,9-12H2,1-3H3. The molecule has 0 aromatic carbocycles. The van der Waals surface area contributed by atoms with Crippen molar-refractivity contribution in [3.8, 4) is 0 Å². The first kappa shape index (κ1) is 14.7. The van der Waals surface area contributed by atoms with Gasteiger partial charge >= 0.3 is 0 Å². The second-order valence-corrected chi connectivity index (χ2v) is 5.21. The number of hydrogen-bond donors (Lipinski definition) is 1. The summed E-state index contributed by atoms with van der Waals surface area (Å²) in [5.41, 5.74) is 1.70. The van der Waals surface area contributed by atoms with E-state index < -0.39 is 0 Å². The van der Waals surface area contributed by atoms with Crippen molar-refractivity contribution in [2.24, 2.45) is 11.8 Å². The Bertz CT molecular complexity index is 225. The fourth-order valence-corrected chi connectivity index (χ4v) is 2.61. The molecule has 2 unspecified atom stereocenters. The van der Waals surface area contributed by atoms with Gasteiger partial charge in [-0.3, -0.25) is 0 Å². The molecule has 1 rings (SSSR count). The zero-order valence-electron chi connectivity index (χ0n) is 11.8. The molecule has 0 amide bonds. The van der Waals surface area contributed by atoms with Gasteiger partial charge in [0, 0.05) is 20.2 Å². The van der Waals surface area contributed by atoms with Crippen LogP contribution in [0, 0.1) is 11.8 Å². The summed E-state index contributed by atoms with van der Waals surface area (Å²) in [6, 6.07) is 0. The van der Waals surface area contributed by atoms with Crippen molar-refractivity contribution < 1.29 is 4.74 Å². The van der Waals surface area contributed by atoms with Crippen molar-refractivity contribution in [1.82, 2.24) is 5.32 Å². The average Bonchev–Trinajstić information content (AvgIpc) is 2.39. The van der Waals surface area contributed by atoms with Crippen LogP contribution < -0.4 is 5.32 Å². The van der Waals surface area contributed by atoms with Crippen LogP contribution >= 0.6 is 0 Å². The lowest BCUT2D eigenvalue weighted by atomic mass is 9.80. The number of ether oxygens (including phenoxy) is 1. The fourth-order valence-electron chi connectivity index (χ4n) is 2.61. The Morgan fingerprint density at radius 3 is 2.82 bits per heavy atom. The zero-order valence-corrected chi connectivity index (χ0v) is 11.8. The Kier molecular flexibility index (Phi) is 7.54. The molecule has 0 saturated carbocycles. The van der Waals surface area contributed by atoms with Gasteiger partial charge in [-0.15, -0.1) is 0 Å². The van der Waals surface area contributed by atoms with Gasteiger partial charge in [-0.05, 0) is 37.5 Å². The van der Waals surface area contributed by atoms with Crippen LogP contribution in [0.5, 0.6) is 0 Å². The van der Waals surface area contributed by atoms with Crippen LogP contribution in [0.2, 0.25) is 0 Å². The van der Waals surface area contributed by atoms with Crippen LogP contribution in [0.25, 0.3) is 0 Å². The molecule has 100 valence electrons. The van der Waals surface area contributed by atoms with E-state index in [0.717, 1.165) is 31.5 Å². The van der Waals surface area contributed by atoms with E-state index in [4.69, 9.17) is 4.74 Å². The number of rotatable bonds is 8. The molecule has 2 nitrogen and oxygen atoms in total. The van der Waals surface area contributed by atoms with Gasteiger partial charge < -0.3 is 10.1 Å². The quantitative estimate of drug-likeness (QED) is 0.518. The summed E-state index contributed by atoms with van der Waals surface area (Å²) in [5, 5.41) is 3.53. The SMILES string of the molecule is CCC(C)C(CNCCOC)C1=CCCCC1. The van der Waals surface area contributed by atoms with Crippen LogP contribution in [0.1, 0.15) is 46.0 Å². The second-order valence-electron chi connectivity index (χ2n) is 5.21. The molecule has 0 spiro atoms. The first-order chi connectivity index (χ1) is 8.29. The van der Waals surface area contributed by atoms with Gasteiger partial charge in [-0.1, -0.05) is 31.9 Å². The van der Waals surface area contributed by atoms with E-state index in [9.17, 15) is 0 Å². The molecule has 2 atom stereocenters.